The Hall–Kier alpha value is -3.08. The molecule has 1 aliphatic carbocycles. The van der Waals surface area contributed by atoms with Gasteiger partial charge in [0.05, 0.1) is 19.7 Å². The molecule has 1 atom stereocenters. The van der Waals surface area contributed by atoms with Gasteiger partial charge in [-0.15, -0.1) is 0 Å². The second kappa shape index (κ2) is 10.3. The maximum atomic E-state index is 14.8. The highest BCUT2D eigenvalue weighted by Gasteiger charge is 2.32. The van der Waals surface area contributed by atoms with Crippen molar-refractivity contribution in [3.63, 3.8) is 0 Å². The van der Waals surface area contributed by atoms with Crippen molar-refractivity contribution in [3.8, 4) is 17.1 Å². The van der Waals surface area contributed by atoms with E-state index in [0.717, 1.165) is 24.1 Å². The van der Waals surface area contributed by atoms with E-state index in [1.54, 1.807) is 28.6 Å². The molecule has 1 unspecified atom stereocenters. The molecule has 0 bridgehead atoms. The van der Waals surface area contributed by atoms with Crippen LogP contribution < -0.4 is 10.1 Å². The van der Waals surface area contributed by atoms with E-state index in [9.17, 15) is 17.8 Å². The lowest BCUT2D eigenvalue weighted by Crippen LogP contribution is -2.14. The average molecular weight is 506 g/mol. The molecule has 1 N–H and O–H groups in total. The average Bonchev–Trinajstić information content (AvgIpc) is 3.45. The predicted octanol–water partition coefficient (Wildman–Crippen LogP) is 3.99. The minimum atomic E-state index is -1.03. The van der Waals surface area contributed by atoms with Crippen LogP contribution in [0.2, 0.25) is 0 Å². The van der Waals surface area contributed by atoms with E-state index in [4.69, 9.17) is 9.84 Å². The van der Waals surface area contributed by atoms with Crippen molar-refractivity contribution >= 4 is 22.5 Å². The Bertz CT molecular complexity index is 1260. The summed E-state index contributed by atoms with van der Waals surface area (Å²) in [5.41, 5.74) is 2.85. The van der Waals surface area contributed by atoms with Gasteiger partial charge in [0, 0.05) is 70.7 Å². The number of amides is 1. The largest absolute Gasteiger partial charge is 0.494 e. The zero-order valence-electron chi connectivity index (χ0n) is 20.2. The number of ether oxygens (including phenoxy) is 1. The van der Waals surface area contributed by atoms with Gasteiger partial charge in [0.25, 0.3) is 0 Å². The molecule has 0 radical (unpaired) electrons. The molecule has 0 aliphatic heterocycles. The molecule has 2 aromatic heterocycles. The van der Waals surface area contributed by atoms with Gasteiger partial charge in [-0.05, 0) is 26.7 Å². The van der Waals surface area contributed by atoms with Crippen molar-refractivity contribution in [2.75, 3.05) is 23.9 Å². The van der Waals surface area contributed by atoms with Gasteiger partial charge in [0.1, 0.15) is 34.6 Å². The van der Waals surface area contributed by atoms with Gasteiger partial charge in [-0.3, -0.25) is 13.7 Å². The number of halogens is 2. The van der Waals surface area contributed by atoms with Crippen LogP contribution in [0.5, 0.6) is 5.75 Å². The number of carbonyl (C=O) groups excluding carboxylic acids is 1. The van der Waals surface area contributed by atoms with Crippen molar-refractivity contribution in [3.05, 3.63) is 46.7 Å². The topological polar surface area (TPSA) is 91.0 Å². The third kappa shape index (κ3) is 5.61. The lowest BCUT2D eigenvalue weighted by molar-refractivity contribution is -0.114. The molecule has 0 saturated heterocycles. The van der Waals surface area contributed by atoms with E-state index in [1.165, 1.54) is 19.1 Å². The number of aryl methyl sites for hydroxylation is 1. The van der Waals surface area contributed by atoms with E-state index < -0.39 is 22.4 Å². The highest BCUT2D eigenvalue weighted by Crippen LogP contribution is 2.44. The Morgan fingerprint density at radius 3 is 2.46 bits per heavy atom. The first-order valence-corrected chi connectivity index (χ1v) is 13.2. The molecule has 188 valence electrons. The molecular formula is C24H29F2N5O3S. The quantitative estimate of drug-likeness (QED) is 0.450. The van der Waals surface area contributed by atoms with Gasteiger partial charge in [0.15, 0.2) is 0 Å². The van der Waals surface area contributed by atoms with Crippen LogP contribution in [0, 0.1) is 18.6 Å². The molecule has 0 spiro atoms. The smallest absolute Gasteiger partial charge is 0.222 e. The van der Waals surface area contributed by atoms with Crippen LogP contribution in [0.4, 0.5) is 14.6 Å². The summed E-state index contributed by atoms with van der Waals surface area (Å²) in [6.07, 6.45) is 3.57. The van der Waals surface area contributed by atoms with Crippen molar-refractivity contribution in [1.29, 1.82) is 0 Å². The highest BCUT2D eigenvalue weighted by atomic mass is 32.2. The standard InChI is InChI=1S/C24H29F2N5O3S/c1-5-34-17-10-19(25)18(20(26)11-17)13-31-24(16-6-7-16)14(2)23(29-31)21-12-22(27-15(3)32)30(28-21)8-9-35(4)33/h10-12,16H,5-9,13H2,1-4H3,(H,27,32). The molecule has 1 aliphatic rings. The first kappa shape index (κ1) is 25.0. The van der Waals surface area contributed by atoms with Crippen LogP contribution >= 0.6 is 0 Å². The van der Waals surface area contributed by atoms with E-state index in [0.29, 0.717) is 36.1 Å². The third-order valence-corrected chi connectivity index (χ3v) is 6.61. The first-order chi connectivity index (χ1) is 16.7. The molecule has 1 amide bonds. The molecule has 1 aromatic carbocycles. The number of anilines is 1. The molecule has 3 aromatic rings. The van der Waals surface area contributed by atoms with E-state index in [1.807, 2.05) is 6.92 Å². The molecule has 1 saturated carbocycles. The minimum Gasteiger partial charge on any atom is -0.494 e. The fraction of sp³-hybridized carbons (Fsp3) is 0.458. The zero-order valence-corrected chi connectivity index (χ0v) is 21.0. The van der Waals surface area contributed by atoms with E-state index >= 15 is 0 Å². The van der Waals surface area contributed by atoms with Gasteiger partial charge < -0.3 is 10.1 Å². The van der Waals surface area contributed by atoms with Gasteiger partial charge in [-0.25, -0.2) is 13.5 Å². The second-order valence-electron chi connectivity index (χ2n) is 8.69. The van der Waals surface area contributed by atoms with Crippen molar-refractivity contribution in [2.24, 2.45) is 0 Å². The van der Waals surface area contributed by atoms with Crippen LogP contribution in [0.15, 0.2) is 18.2 Å². The van der Waals surface area contributed by atoms with Crippen LogP contribution in [0.25, 0.3) is 11.4 Å². The van der Waals surface area contributed by atoms with E-state index in [2.05, 4.69) is 10.4 Å². The van der Waals surface area contributed by atoms with Gasteiger partial charge in [-0.2, -0.15) is 10.2 Å². The summed E-state index contributed by atoms with van der Waals surface area (Å²) in [6, 6.07) is 4.10. The summed E-state index contributed by atoms with van der Waals surface area (Å²) >= 11 is 0. The van der Waals surface area contributed by atoms with Crippen LogP contribution in [0.3, 0.4) is 0 Å². The normalized spacial score (nSPS) is 14.2. The molecule has 8 nitrogen and oxygen atoms in total. The molecule has 2 heterocycles. The molecule has 1 fully saturated rings. The highest BCUT2D eigenvalue weighted by molar-refractivity contribution is 7.84. The fourth-order valence-corrected chi connectivity index (χ4v) is 4.56. The molecule has 11 heteroatoms. The maximum absolute atomic E-state index is 14.8. The summed E-state index contributed by atoms with van der Waals surface area (Å²) in [6.45, 7) is 5.68. The zero-order chi connectivity index (χ0) is 25.3. The summed E-state index contributed by atoms with van der Waals surface area (Å²) in [7, 11) is -1.03. The number of nitrogens with zero attached hydrogens (tertiary/aromatic N) is 4. The van der Waals surface area contributed by atoms with Crippen LogP contribution in [-0.2, 0) is 28.7 Å². The summed E-state index contributed by atoms with van der Waals surface area (Å²) in [5, 5.41) is 12.1. The number of hydrogen-bond donors (Lipinski definition) is 1. The Labute approximate surface area is 205 Å². The summed E-state index contributed by atoms with van der Waals surface area (Å²) in [4.78, 5) is 11.7. The first-order valence-electron chi connectivity index (χ1n) is 11.5. The Morgan fingerprint density at radius 2 is 1.89 bits per heavy atom. The van der Waals surface area contributed by atoms with Crippen molar-refractivity contribution < 1.29 is 22.5 Å². The van der Waals surface area contributed by atoms with Crippen molar-refractivity contribution in [2.45, 2.75) is 52.6 Å². The summed E-state index contributed by atoms with van der Waals surface area (Å²) in [5.74, 6) is -0.352. The predicted molar refractivity (Wildman–Crippen MR) is 130 cm³/mol. The fourth-order valence-electron chi connectivity index (χ4n) is 4.13. The number of nitrogens with one attached hydrogen (secondary N) is 1. The third-order valence-electron chi connectivity index (χ3n) is 5.85. The van der Waals surface area contributed by atoms with Crippen molar-refractivity contribution in [1.82, 2.24) is 19.6 Å². The SMILES string of the molecule is CCOc1cc(F)c(Cn2nc(-c3cc(NC(C)=O)n(CCS(C)=O)n3)c(C)c2C2CC2)c(F)c1. The Kier molecular flexibility index (Phi) is 7.34. The molecule has 4 rings (SSSR count). The van der Waals surface area contributed by atoms with Gasteiger partial charge >= 0.3 is 0 Å². The second-order valence-corrected chi connectivity index (χ2v) is 10.2. The molecule has 35 heavy (non-hydrogen) atoms. The lowest BCUT2D eigenvalue weighted by Gasteiger charge is -2.11. The lowest BCUT2D eigenvalue weighted by atomic mass is 10.1. The monoisotopic (exact) mass is 505 g/mol. The number of aromatic nitrogens is 4. The summed E-state index contributed by atoms with van der Waals surface area (Å²) < 4.78 is 49.7. The maximum Gasteiger partial charge on any atom is 0.222 e. The molecular weight excluding hydrogens is 476 g/mol. The van der Waals surface area contributed by atoms with Crippen LogP contribution in [-0.4, -0.2) is 48.3 Å². The Morgan fingerprint density at radius 1 is 1.20 bits per heavy atom. The van der Waals surface area contributed by atoms with Gasteiger partial charge in [0.2, 0.25) is 5.91 Å². The minimum absolute atomic E-state index is 0.0647. The number of carbonyl (C=O) groups is 1. The Balaban J connectivity index is 1.73. The van der Waals surface area contributed by atoms with Crippen LogP contribution in [0.1, 0.15) is 49.4 Å². The van der Waals surface area contributed by atoms with E-state index in [-0.39, 0.29) is 29.7 Å². The van der Waals surface area contributed by atoms with Gasteiger partial charge in [-0.1, -0.05) is 0 Å². The number of benzene rings is 1. The number of rotatable bonds is 10. The number of hydrogen-bond acceptors (Lipinski definition) is 5.